The molecule has 3 aliphatic heterocycles. The minimum absolute atomic E-state index is 0.00342. The normalized spacial score (nSPS) is 18.3. The van der Waals surface area contributed by atoms with Crippen LogP contribution in [0.4, 0.5) is 5.69 Å². The third-order valence-electron chi connectivity index (χ3n) is 8.16. The number of carbonyl (C=O) groups is 1. The average Bonchev–Trinajstić information content (AvgIpc) is 3.70. The monoisotopic (exact) mass is 553 g/mol. The summed E-state index contributed by atoms with van der Waals surface area (Å²) in [7, 11) is 3.69. The Morgan fingerprint density at radius 2 is 1.76 bits per heavy atom. The number of para-hydroxylation sites is 1. The smallest absolute Gasteiger partial charge is 0.254 e. The van der Waals surface area contributed by atoms with E-state index in [2.05, 4.69) is 37.5 Å². The summed E-state index contributed by atoms with van der Waals surface area (Å²) >= 11 is 0. The van der Waals surface area contributed by atoms with Gasteiger partial charge in [0.05, 0.1) is 12.8 Å². The molecule has 41 heavy (non-hydrogen) atoms. The lowest BCUT2D eigenvalue weighted by Gasteiger charge is -2.36. The Morgan fingerprint density at radius 3 is 2.56 bits per heavy atom. The molecule has 1 unspecified atom stereocenters. The number of rotatable bonds is 5. The van der Waals surface area contributed by atoms with Gasteiger partial charge in [-0.05, 0) is 65.9 Å². The van der Waals surface area contributed by atoms with Crippen molar-refractivity contribution in [1.29, 1.82) is 0 Å². The Hall–Kier alpha value is -4.64. The van der Waals surface area contributed by atoms with Crippen LogP contribution in [0, 0.1) is 0 Å². The van der Waals surface area contributed by atoms with Crippen LogP contribution in [0.3, 0.4) is 0 Å². The zero-order valence-electron chi connectivity index (χ0n) is 23.1. The van der Waals surface area contributed by atoms with E-state index >= 15 is 0 Å². The Balaban J connectivity index is 1.17. The highest BCUT2D eigenvalue weighted by Crippen LogP contribution is 2.50. The molecule has 7 rings (SSSR count). The summed E-state index contributed by atoms with van der Waals surface area (Å²) in [6, 6.07) is 19.6. The summed E-state index contributed by atoms with van der Waals surface area (Å²) in [5.74, 6) is 2.57. The molecule has 1 amide bonds. The molecule has 1 fully saturated rings. The van der Waals surface area contributed by atoms with E-state index < -0.39 is 0 Å². The molecule has 1 saturated heterocycles. The predicted octanol–water partition coefficient (Wildman–Crippen LogP) is 2.94. The second-order valence-corrected chi connectivity index (χ2v) is 10.5. The number of aromatic nitrogens is 4. The second kappa shape index (κ2) is 10.4. The first-order chi connectivity index (χ1) is 20.1. The summed E-state index contributed by atoms with van der Waals surface area (Å²) in [6.45, 7) is 3.87. The van der Waals surface area contributed by atoms with Gasteiger partial charge in [-0.1, -0.05) is 24.3 Å². The van der Waals surface area contributed by atoms with E-state index in [1.807, 2.05) is 60.5 Å². The van der Waals surface area contributed by atoms with Crippen LogP contribution >= 0.6 is 0 Å². The average molecular weight is 554 g/mol. The number of likely N-dealkylation sites (N-methyl/N-ethyl adjacent to an activating group) is 1. The van der Waals surface area contributed by atoms with Crippen molar-refractivity contribution in [3.63, 3.8) is 0 Å². The maximum absolute atomic E-state index is 13.6. The molecule has 1 atom stereocenters. The number of ether oxygens (including phenoxy) is 3. The number of fused-ring (bicyclic) bond motifs is 2. The number of hydrogen-bond acceptors (Lipinski definition) is 9. The van der Waals surface area contributed by atoms with Crippen molar-refractivity contribution in [3.8, 4) is 22.9 Å². The van der Waals surface area contributed by atoms with Gasteiger partial charge in [-0.3, -0.25) is 9.69 Å². The van der Waals surface area contributed by atoms with Crippen molar-refractivity contribution in [2.45, 2.75) is 12.5 Å². The topological polar surface area (TPSA) is 98.1 Å². The molecule has 11 nitrogen and oxygen atoms in total. The molecule has 0 spiro atoms. The van der Waals surface area contributed by atoms with E-state index in [0.717, 1.165) is 42.9 Å². The number of amides is 1. The number of nitrogens with zero attached hydrogens (tertiary/aromatic N) is 7. The van der Waals surface area contributed by atoms with Crippen LogP contribution in [0.25, 0.3) is 5.69 Å². The summed E-state index contributed by atoms with van der Waals surface area (Å²) in [5.41, 5.74) is 4.59. The Labute approximate surface area is 237 Å². The van der Waals surface area contributed by atoms with Crippen molar-refractivity contribution in [1.82, 2.24) is 30.0 Å². The molecule has 4 heterocycles. The van der Waals surface area contributed by atoms with Gasteiger partial charge in [-0.15, -0.1) is 5.10 Å². The Bertz CT molecular complexity index is 1580. The van der Waals surface area contributed by atoms with E-state index in [1.165, 1.54) is 5.69 Å². The van der Waals surface area contributed by atoms with E-state index in [-0.39, 0.29) is 18.7 Å². The van der Waals surface area contributed by atoms with E-state index in [0.29, 0.717) is 41.7 Å². The van der Waals surface area contributed by atoms with Crippen LogP contribution in [0.1, 0.15) is 33.4 Å². The SMILES string of the molecule is COc1c2c(cc3c1C(c1nnnn1-c1cccc(C(=O)N4CCN(c5ccccc5)CC4)c1)N(C)CC3)OCO2. The lowest BCUT2D eigenvalue weighted by molar-refractivity contribution is 0.0746. The van der Waals surface area contributed by atoms with Crippen LogP contribution in [0.5, 0.6) is 17.2 Å². The number of methoxy groups -OCH3 is 1. The van der Waals surface area contributed by atoms with Crippen LogP contribution < -0.4 is 19.1 Å². The zero-order chi connectivity index (χ0) is 27.9. The zero-order valence-corrected chi connectivity index (χ0v) is 23.1. The fourth-order valence-electron chi connectivity index (χ4n) is 6.07. The number of hydrogen-bond donors (Lipinski definition) is 0. The first kappa shape index (κ1) is 25.3. The molecule has 4 aromatic rings. The highest BCUT2D eigenvalue weighted by Gasteiger charge is 2.38. The molecule has 0 bridgehead atoms. The minimum atomic E-state index is -0.288. The maximum Gasteiger partial charge on any atom is 0.254 e. The number of carbonyl (C=O) groups excluding carboxylic acids is 1. The summed E-state index contributed by atoms with van der Waals surface area (Å²) in [5, 5.41) is 12.9. The second-order valence-electron chi connectivity index (χ2n) is 10.5. The highest BCUT2D eigenvalue weighted by molar-refractivity contribution is 5.95. The Morgan fingerprint density at radius 1 is 0.951 bits per heavy atom. The standard InChI is InChI=1S/C30H31N7O4/c1-34-12-11-20-18-24-27(41-19-40-24)28(39-2)25(20)26(34)29-31-32-33-37(29)23-10-6-7-21(17-23)30(38)36-15-13-35(14-16-36)22-8-4-3-5-9-22/h3-10,17-18,26H,11-16,19H2,1-2H3. The summed E-state index contributed by atoms with van der Waals surface area (Å²) in [4.78, 5) is 20.0. The molecule has 0 saturated carbocycles. The fourth-order valence-corrected chi connectivity index (χ4v) is 6.07. The van der Waals surface area contributed by atoms with Crippen molar-refractivity contribution in [3.05, 3.63) is 83.2 Å². The quantitative estimate of drug-likeness (QED) is 0.370. The Kier molecular flexibility index (Phi) is 6.43. The van der Waals surface area contributed by atoms with E-state index in [9.17, 15) is 4.79 Å². The van der Waals surface area contributed by atoms with Crippen molar-refractivity contribution >= 4 is 11.6 Å². The molecule has 0 aliphatic carbocycles. The number of piperazine rings is 1. The molecule has 1 aromatic heterocycles. The maximum atomic E-state index is 13.6. The number of benzene rings is 3. The van der Waals surface area contributed by atoms with Crippen LogP contribution in [-0.4, -0.2) is 89.6 Å². The van der Waals surface area contributed by atoms with Gasteiger partial charge in [-0.25, -0.2) is 0 Å². The van der Waals surface area contributed by atoms with Gasteiger partial charge >= 0.3 is 0 Å². The van der Waals surface area contributed by atoms with E-state index in [4.69, 9.17) is 14.2 Å². The first-order valence-corrected chi connectivity index (χ1v) is 13.8. The third kappa shape index (κ3) is 4.42. The minimum Gasteiger partial charge on any atom is -0.492 e. The van der Waals surface area contributed by atoms with Crippen molar-refractivity contribution < 1.29 is 19.0 Å². The molecule has 0 N–H and O–H groups in total. The molecular weight excluding hydrogens is 522 g/mol. The van der Waals surface area contributed by atoms with Gasteiger partial charge < -0.3 is 24.0 Å². The molecule has 11 heteroatoms. The van der Waals surface area contributed by atoms with Gasteiger partial charge in [0, 0.05) is 49.5 Å². The first-order valence-electron chi connectivity index (χ1n) is 13.8. The van der Waals surface area contributed by atoms with Crippen molar-refractivity contribution in [2.75, 3.05) is 58.6 Å². The van der Waals surface area contributed by atoms with Gasteiger partial charge in [-0.2, -0.15) is 4.68 Å². The van der Waals surface area contributed by atoms with Gasteiger partial charge in [0.2, 0.25) is 12.5 Å². The summed E-state index contributed by atoms with van der Waals surface area (Å²) in [6.07, 6.45) is 0.832. The van der Waals surface area contributed by atoms with Gasteiger partial charge in [0.15, 0.2) is 17.3 Å². The largest absolute Gasteiger partial charge is 0.492 e. The van der Waals surface area contributed by atoms with Gasteiger partial charge in [0.1, 0.15) is 6.04 Å². The van der Waals surface area contributed by atoms with Crippen molar-refractivity contribution in [2.24, 2.45) is 0 Å². The highest BCUT2D eigenvalue weighted by atomic mass is 16.7. The van der Waals surface area contributed by atoms with Gasteiger partial charge in [0.25, 0.3) is 5.91 Å². The van der Waals surface area contributed by atoms with Crippen LogP contribution in [-0.2, 0) is 6.42 Å². The molecule has 0 radical (unpaired) electrons. The molecule has 210 valence electrons. The third-order valence-corrected chi connectivity index (χ3v) is 8.16. The predicted molar refractivity (Wildman–Crippen MR) is 151 cm³/mol. The van der Waals surface area contributed by atoms with E-state index in [1.54, 1.807) is 11.8 Å². The van der Waals surface area contributed by atoms with Crippen LogP contribution in [0.2, 0.25) is 0 Å². The van der Waals surface area contributed by atoms with Crippen LogP contribution in [0.15, 0.2) is 60.7 Å². The lowest BCUT2D eigenvalue weighted by Crippen LogP contribution is -2.48. The fraction of sp³-hybridized carbons (Fsp3) is 0.333. The lowest BCUT2D eigenvalue weighted by atomic mass is 9.90. The summed E-state index contributed by atoms with van der Waals surface area (Å²) < 4.78 is 19.0. The molecule has 3 aromatic carbocycles. The molecule has 3 aliphatic rings. The molecular formula is C30H31N7O4. The number of anilines is 1. The number of tetrazole rings is 1.